The summed E-state index contributed by atoms with van der Waals surface area (Å²) in [5.74, 6) is 0.853. The van der Waals surface area contributed by atoms with Crippen LogP contribution < -0.4 is 10.6 Å². The monoisotopic (exact) mass is 371 g/mol. The Labute approximate surface area is 156 Å². The number of benzene rings is 2. The topological polar surface area (TPSA) is 62.7 Å². The van der Waals surface area contributed by atoms with Crippen LogP contribution in [-0.4, -0.2) is 28.3 Å². The van der Waals surface area contributed by atoms with Gasteiger partial charge in [0, 0.05) is 18.1 Å². The second-order valence-electron chi connectivity index (χ2n) is 5.74. The molecule has 3 aromatic rings. The third-order valence-electron chi connectivity index (χ3n) is 3.83. The number of halogens is 2. The predicted molar refractivity (Wildman–Crippen MR) is 102 cm³/mol. The van der Waals surface area contributed by atoms with Crippen molar-refractivity contribution in [1.29, 1.82) is 0 Å². The molecule has 0 radical (unpaired) electrons. The highest BCUT2D eigenvalue weighted by Gasteiger charge is 2.03. The van der Waals surface area contributed by atoms with Crippen LogP contribution in [0.4, 0.5) is 16.2 Å². The lowest BCUT2D eigenvalue weighted by Gasteiger charge is -2.08. The van der Waals surface area contributed by atoms with Crippen molar-refractivity contribution in [2.24, 2.45) is 0 Å². The summed E-state index contributed by atoms with van der Waals surface area (Å²) >= 11 is 5.88. The highest BCUT2D eigenvalue weighted by atomic mass is 35.5. The Hall–Kier alpha value is -2.73. The van der Waals surface area contributed by atoms with Crippen LogP contribution in [0.15, 0.2) is 54.7 Å². The summed E-state index contributed by atoms with van der Waals surface area (Å²) in [6.45, 7) is 1.24. The fraction of sp³-hybridized carbons (Fsp3) is 0.211. The number of rotatable bonds is 8. The molecule has 26 heavy (non-hydrogen) atoms. The summed E-state index contributed by atoms with van der Waals surface area (Å²) in [4.78, 5) is 4.36. The lowest BCUT2D eigenvalue weighted by atomic mass is 10.1. The summed E-state index contributed by atoms with van der Waals surface area (Å²) < 4.78 is 13.6. The van der Waals surface area contributed by atoms with E-state index < -0.39 is 0 Å². The first kappa shape index (κ1) is 18.1. The molecular formula is C19H19ClFN5. The van der Waals surface area contributed by atoms with Crippen molar-refractivity contribution >= 4 is 23.4 Å². The molecule has 0 unspecified atom stereocenters. The lowest BCUT2D eigenvalue weighted by molar-refractivity contribution is 0.610. The lowest BCUT2D eigenvalue weighted by Crippen LogP contribution is -2.12. The molecule has 134 valence electrons. The number of nitrogens with one attached hydrogen (secondary N) is 2. The maximum atomic E-state index is 13.6. The van der Waals surface area contributed by atoms with E-state index in [0.717, 1.165) is 18.0 Å². The Bertz CT molecular complexity index is 841. The molecule has 0 aliphatic rings. The zero-order chi connectivity index (χ0) is 18.2. The second-order valence-corrected chi connectivity index (χ2v) is 6.17. The van der Waals surface area contributed by atoms with Crippen LogP contribution in [0.1, 0.15) is 11.1 Å². The number of aromatic nitrogens is 3. The Morgan fingerprint density at radius 2 is 1.69 bits per heavy atom. The minimum Gasteiger partial charge on any atom is -0.368 e. The van der Waals surface area contributed by atoms with Gasteiger partial charge >= 0.3 is 0 Å². The van der Waals surface area contributed by atoms with E-state index in [1.807, 2.05) is 30.3 Å². The summed E-state index contributed by atoms with van der Waals surface area (Å²) in [6, 6.07) is 14.5. The van der Waals surface area contributed by atoms with E-state index in [9.17, 15) is 4.39 Å². The maximum Gasteiger partial charge on any atom is 0.244 e. The van der Waals surface area contributed by atoms with Crippen molar-refractivity contribution in [3.05, 3.63) is 76.7 Å². The standard InChI is InChI=1S/C19H19ClFN5/c20-16-7-5-14(6-8-16)9-11-22-18-13-24-26-19(25-18)23-12-10-15-3-1-2-4-17(15)21/h1-8,13H,9-12H2,(H2,22,23,25,26). The highest BCUT2D eigenvalue weighted by molar-refractivity contribution is 6.30. The first-order chi connectivity index (χ1) is 12.7. The molecule has 0 atom stereocenters. The molecule has 0 aliphatic heterocycles. The molecule has 0 aliphatic carbocycles. The zero-order valence-electron chi connectivity index (χ0n) is 14.1. The predicted octanol–water partition coefficient (Wildman–Crippen LogP) is 3.97. The van der Waals surface area contributed by atoms with Gasteiger partial charge in [-0.05, 0) is 42.2 Å². The van der Waals surface area contributed by atoms with Gasteiger partial charge in [-0.2, -0.15) is 10.1 Å². The fourth-order valence-electron chi connectivity index (χ4n) is 2.46. The van der Waals surface area contributed by atoms with E-state index in [1.54, 1.807) is 18.3 Å². The normalized spacial score (nSPS) is 10.5. The molecule has 0 spiro atoms. The van der Waals surface area contributed by atoms with E-state index in [1.165, 1.54) is 11.6 Å². The second kappa shape index (κ2) is 9.10. The van der Waals surface area contributed by atoms with Crippen molar-refractivity contribution in [3.63, 3.8) is 0 Å². The quantitative estimate of drug-likeness (QED) is 0.627. The molecular weight excluding hydrogens is 353 g/mol. The van der Waals surface area contributed by atoms with Gasteiger partial charge in [-0.3, -0.25) is 0 Å². The van der Waals surface area contributed by atoms with Gasteiger partial charge in [0.1, 0.15) is 5.82 Å². The fourth-order valence-corrected chi connectivity index (χ4v) is 2.59. The average molecular weight is 372 g/mol. The van der Waals surface area contributed by atoms with Gasteiger partial charge in [0.25, 0.3) is 0 Å². The molecule has 3 rings (SSSR count). The first-order valence-electron chi connectivity index (χ1n) is 8.36. The molecule has 0 saturated carbocycles. The van der Waals surface area contributed by atoms with Gasteiger partial charge in [0.05, 0.1) is 6.20 Å². The van der Waals surface area contributed by atoms with Crippen molar-refractivity contribution < 1.29 is 4.39 Å². The molecule has 2 N–H and O–H groups in total. The Morgan fingerprint density at radius 3 is 2.50 bits per heavy atom. The summed E-state index contributed by atoms with van der Waals surface area (Å²) in [5.41, 5.74) is 1.84. The molecule has 0 amide bonds. The van der Waals surface area contributed by atoms with E-state index in [2.05, 4.69) is 25.8 Å². The highest BCUT2D eigenvalue weighted by Crippen LogP contribution is 2.11. The van der Waals surface area contributed by atoms with E-state index in [-0.39, 0.29) is 5.82 Å². The smallest absolute Gasteiger partial charge is 0.244 e. The minimum atomic E-state index is -0.203. The van der Waals surface area contributed by atoms with Gasteiger partial charge in [0.15, 0.2) is 5.82 Å². The van der Waals surface area contributed by atoms with Crippen LogP contribution in [0.2, 0.25) is 5.02 Å². The van der Waals surface area contributed by atoms with Crippen LogP contribution in [-0.2, 0) is 12.8 Å². The Morgan fingerprint density at radius 1 is 0.923 bits per heavy atom. The van der Waals surface area contributed by atoms with E-state index >= 15 is 0 Å². The van der Waals surface area contributed by atoms with Crippen molar-refractivity contribution in [1.82, 2.24) is 15.2 Å². The maximum absolute atomic E-state index is 13.6. The van der Waals surface area contributed by atoms with Gasteiger partial charge in [-0.15, -0.1) is 5.10 Å². The SMILES string of the molecule is Fc1ccccc1CCNc1nncc(NCCc2ccc(Cl)cc2)n1. The molecule has 0 bridgehead atoms. The van der Waals surface area contributed by atoms with Gasteiger partial charge < -0.3 is 10.6 Å². The van der Waals surface area contributed by atoms with Crippen LogP contribution >= 0.6 is 11.6 Å². The Kier molecular flexibility index (Phi) is 6.33. The Balaban J connectivity index is 1.47. The third-order valence-corrected chi connectivity index (χ3v) is 4.08. The number of hydrogen-bond acceptors (Lipinski definition) is 5. The third kappa shape index (κ3) is 5.39. The van der Waals surface area contributed by atoms with Crippen LogP contribution in [0.5, 0.6) is 0 Å². The molecule has 0 saturated heterocycles. The number of nitrogens with zero attached hydrogens (tertiary/aromatic N) is 3. The zero-order valence-corrected chi connectivity index (χ0v) is 14.9. The van der Waals surface area contributed by atoms with Crippen molar-refractivity contribution in [2.75, 3.05) is 23.7 Å². The minimum absolute atomic E-state index is 0.203. The van der Waals surface area contributed by atoms with E-state index in [4.69, 9.17) is 11.6 Å². The largest absolute Gasteiger partial charge is 0.368 e. The van der Waals surface area contributed by atoms with E-state index in [0.29, 0.717) is 30.3 Å². The van der Waals surface area contributed by atoms with Gasteiger partial charge in [0.2, 0.25) is 5.95 Å². The van der Waals surface area contributed by atoms with Gasteiger partial charge in [-0.25, -0.2) is 4.39 Å². The molecule has 1 aromatic heterocycles. The number of anilines is 2. The first-order valence-corrected chi connectivity index (χ1v) is 8.74. The summed E-state index contributed by atoms with van der Waals surface area (Å²) in [6.07, 6.45) is 2.96. The summed E-state index contributed by atoms with van der Waals surface area (Å²) in [7, 11) is 0. The number of hydrogen-bond donors (Lipinski definition) is 2. The molecule has 7 heteroatoms. The molecule has 1 heterocycles. The summed E-state index contributed by atoms with van der Waals surface area (Å²) in [5, 5.41) is 14.9. The van der Waals surface area contributed by atoms with Crippen molar-refractivity contribution in [3.8, 4) is 0 Å². The van der Waals surface area contributed by atoms with Crippen LogP contribution in [0.25, 0.3) is 0 Å². The molecule has 2 aromatic carbocycles. The van der Waals surface area contributed by atoms with Crippen LogP contribution in [0.3, 0.4) is 0 Å². The van der Waals surface area contributed by atoms with Crippen LogP contribution in [0, 0.1) is 5.82 Å². The molecule has 0 fully saturated rings. The van der Waals surface area contributed by atoms with Crippen molar-refractivity contribution in [2.45, 2.75) is 12.8 Å². The average Bonchev–Trinajstić information content (AvgIpc) is 2.65. The van der Waals surface area contributed by atoms with Gasteiger partial charge in [-0.1, -0.05) is 41.9 Å². The molecule has 5 nitrogen and oxygen atoms in total.